The molecule has 174 valence electrons. The number of primary amides is 1. The molecular formula is C24H23BrN6O3. The molecule has 0 aliphatic rings. The summed E-state index contributed by atoms with van der Waals surface area (Å²) in [5.74, 6) is 0.984. The number of nitrogens with two attached hydrogens (primary N) is 1. The summed E-state index contributed by atoms with van der Waals surface area (Å²) >= 11 is 3.45. The molecule has 0 fully saturated rings. The highest BCUT2D eigenvalue weighted by atomic mass is 79.9. The zero-order valence-corrected chi connectivity index (χ0v) is 20.3. The van der Waals surface area contributed by atoms with Crippen LogP contribution >= 0.6 is 15.9 Å². The van der Waals surface area contributed by atoms with Crippen molar-refractivity contribution in [1.29, 1.82) is 0 Å². The average molecular weight is 523 g/mol. The van der Waals surface area contributed by atoms with E-state index in [9.17, 15) is 4.79 Å². The SMILES string of the molecule is COc1ccc(OC)c(N(Cc2cn(Cc3ccc(Br)cc3)nn2)c2ncccc2C(N)=O)c1. The lowest BCUT2D eigenvalue weighted by atomic mass is 10.2. The summed E-state index contributed by atoms with van der Waals surface area (Å²) < 4.78 is 13.8. The fourth-order valence-electron chi connectivity index (χ4n) is 3.51. The third-order valence-electron chi connectivity index (χ3n) is 5.15. The molecule has 34 heavy (non-hydrogen) atoms. The van der Waals surface area contributed by atoms with E-state index in [1.165, 1.54) is 0 Å². The van der Waals surface area contributed by atoms with Crippen molar-refractivity contribution in [3.63, 3.8) is 0 Å². The highest BCUT2D eigenvalue weighted by Crippen LogP contribution is 2.38. The molecule has 2 aromatic carbocycles. The number of nitrogens with zero attached hydrogens (tertiary/aromatic N) is 5. The molecule has 4 aromatic rings. The second-order valence-corrected chi connectivity index (χ2v) is 8.31. The Hall–Kier alpha value is -3.92. The number of halogens is 1. The van der Waals surface area contributed by atoms with E-state index in [1.807, 2.05) is 41.4 Å². The lowest BCUT2D eigenvalue weighted by Gasteiger charge is -2.26. The van der Waals surface area contributed by atoms with Crippen LogP contribution in [0.2, 0.25) is 0 Å². The Bertz CT molecular complexity index is 1290. The summed E-state index contributed by atoms with van der Waals surface area (Å²) in [6.07, 6.45) is 3.46. The minimum Gasteiger partial charge on any atom is -0.497 e. The van der Waals surface area contributed by atoms with Crippen LogP contribution in [-0.2, 0) is 13.1 Å². The van der Waals surface area contributed by atoms with Gasteiger partial charge in [-0.2, -0.15) is 0 Å². The Morgan fingerprint density at radius 1 is 1.12 bits per heavy atom. The number of rotatable bonds is 9. The normalized spacial score (nSPS) is 10.7. The van der Waals surface area contributed by atoms with Gasteiger partial charge in [-0.05, 0) is 42.0 Å². The number of amides is 1. The smallest absolute Gasteiger partial charge is 0.252 e. The van der Waals surface area contributed by atoms with Crippen molar-refractivity contribution in [3.8, 4) is 11.5 Å². The van der Waals surface area contributed by atoms with Gasteiger partial charge < -0.3 is 20.1 Å². The number of hydrogen-bond donors (Lipinski definition) is 1. The predicted octanol–water partition coefficient (Wildman–Crippen LogP) is 3.94. The van der Waals surface area contributed by atoms with Crippen molar-refractivity contribution in [2.24, 2.45) is 5.73 Å². The van der Waals surface area contributed by atoms with Gasteiger partial charge >= 0.3 is 0 Å². The number of anilines is 2. The fraction of sp³-hybridized carbons (Fsp3) is 0.167. The van der Waals surface area contributed by atoms with Crippen LogP contribution in [0.15, 0.2) is 71.5 Å². The molecule has 0 spiro atoms. The summed E-state index contributed by atoms with van der Waals surface area (Å²) in [7, 11) is 3.16. The highest BCUT2D eigenvalue weighted by molar-refractivity contribution is 9.10. The Morgan fingerprint density at radius 2 is 1.91 bits per heavy atom. The first-order valence-corrected chi connectivity index (χ1v) is 11.2. The van der Waals surface area contributed by atoms with E-state index < -0.39 is 5.91 Å². The molecule has 2 N–H and O–H groups in total. The van der Waals surface area contributed by atoms with E-state index in [4.69, 9.17) is 15.2 Å². The van der Waals surface area contributed by atoms with Crippen molar-refractivity contribution >= 4 is 33.3 Å². The molecule has 0 radical (unpaired) electrons. The second-order valence-electron chi connectivity index (χ2n) is 7.40. The van der Waals surface area contributed by atoms with Gasteiger partial charge in [0.2, 0.25) is 0 Å². The molecule has 2 aromatic heterocycles. The number of methoxy groups -OCH3 is 2. The number of ether oxygens (including phenoxy) is 2. The maximum atomic E-state index is 12.2. The third kappa shape index (κ3) is 5.18. The van der Waals surface area contributed by atoms with Crippen molar-refractivity contribution in [1.82, 2.24) is 20.0 Å². The standard InChI is InChI=1S/C24H23BrN6O3/c1-33-19-9-10-22(34-2)21(12-19)31(24-20(23(26)32)4-3-11-27-24)15-18-14-30(29-28-18)13-16-5-7-17(25)8-6-16/h3-12,14H,13,15H2,1-2H3,(H2,26,32). The Morgan fingerprint density at radius 3 is 2.62 bits per heavy atom. The number of pyridine rings is 1. The van der Waals surface area contributed by atoms with E-state index in [0.717, 1.165) is 10.0 Å². The highest BCUT2D eigenvalue weighted by Gasteiger charge is 2.23. The lowest BCUT2D eigenvalue weighted by Crippen LogP contribution is -2.23. The third-order valence-corrected chi connectivity index (χ3v) is 5.68. The lowest BCUT2D eigenvalue weighted by molar-refractivity contribution is 0.100. The Balaban J connectivity index is 1.73. The number of carbonyl (C=O) groups is 1. The first-order valence-electron chi connectivity index (χ1n) is 10.4. The molecule has 0 atom stereocenters. The van der Waals surface area contributed by atoms with E-state index in [0.29, 0.717) is 35.2 Å². The van der Waals surface area contributed by atoms with Gasteiger partial charge in [0.1, 0.15) is 23.0 Å². The van der Waals surface area contributed by atoms with E-state index in [-0.39, 0.29) is 12.1 Å². The molecule has 0 saturated carbocycles. The molecule has 0 unspecified atom stereocenters. The molecule has 10 heteroatoms. The van der Waals surface area contributed by atoms with Gasteiger partial charge in [-0.3, -0.25) is 4.79 Å². The van der Waals surface area contributed by atoms with Gasteiger partial charge in [0, 0.05) is 16.7 Å². The Kier molecular flexibility index (Phi) is 7.07. The van der Waals surface area contributed by atoms with Crippen LogP contribution in [0.25, 0.3) is 0 Å². The molecule has 0 aliphatic carbocycles. The Labute approximate surface area is 205 Å². The molecule has 0 saturated heterocycles. The number of aromatic nitrogens is 4. The van der Waals surface area contributed by atoms with E-state index >= 15 is 0 Å². The monoisotopic (exact) mass is 522 g/mol. The first kappa shape index (κ1) is 23.2. The minimum atomic E-state index is -0.589. The fourth-order valence-corrected chi connectivity index (χ4v) is 3.78. The summed E-state index contributed by atoms with van der Waals surface area (Å²) in [5.41, 5.74) is 8.33. The van der Waals surface area contributed by atoms with Crippen molar-refractivity contribution in [2.75, 3.05) is 19.1 Å². The molecule has 0 bridgehead atoms. The van der Waals surface area contributed by atoms with Crippen molar-refractivity contribution in [3.05, 3.63) is 88.3 Å². The van der Waals surface area contributed by atoms with E-state index in [1.54, 1.807) is 49.4 Å². The van der Waals surface area contributed by atoms with Gasteiger partial charge in [0.15, 0.2) is 0 Å². The van der Waals surface area contributed by atoms with Gasteiger partial charge in [0.25, 0.3) is 5.91 Å². The predicted molar refractivity (Wildman–Crippen MR) is 131 cm³/mol. The molecule has 1 amide bonds. The van der Waals surface area contributed by atoms with Crippen molar-refractivity contribution in [2.45, 2.75) is 13.1 Å². The first-order chi connectivity index (χ1) is 16.5. The number of hydrogen-bond acceptors (Lipinski definition) is 7. The maximum absolute atomic E-state index is 12.2. The van der Waals surface area contributed by atoms with Gasteiger partial charge in [-0.15, -0.1) is 5.10 Å². The molecule has 4 rings (SSSR count). The maximum Gasteiger partial charge on any atom is 0.252 e. The molecule has 0 aliphatic heterocycles. The number of benzene rings is 2. The quantitative estimate of drug-likeness (QED) is 0.354. The van der Waals surface area contributed by atoms with Crippen molar-refractivity contribution < 1.29 is 14.3 Å². The van der Waals surface area contributed by atoms with Crippen LogP contribution in [0, 0.1) is 0 Å². The van der Waals surface area contributed by atoms with Crippen LogP contribution in [0.3, 0.4) is 0 Å². The van der Waals surface area contributed by atoms with Crippen LogP contribution in [0.1, 0.15) is 21.6 Å². The van der Waals surface area contributed by atoms with Crippen LogP contribution < -0.4 is 20.1 Å². The summed E-state index contributed by atoms with van der Waals surface area (Å²) in [6.45, 7) is 0.833. The minimum absolute atomic E-state index is 0.265. The zero-order chi connectivity index (χ0) is 24.1. The molecule has 9 nitrogen and oxygen atoms in total. The zero-order valence-electron chi connectivity index (χ0n) is 18.7. The summed E-state index contributed by atoms with van der Waals surface area (Å²) in [4.78, 5) is 18.5. The topological polar surface area (TPSA) is 108 Å². The average Bonchev–Trinajstić information content (AvgIpc) is 3.30. The van der Waals surface area contributed by atoms with E-state index in [2.05, 4.69) is 31.2 Å². The van der Waals surface area contributed by atoms with Crippen LogP contribution in [0.4, 0.5) is 11.5 Å². The van der Waals surface area contributed by atoms with Crippen LogP contribution in [-0.4, -0.2) is 40.1 Å². The largest absolute Gasteiger partial charge is 0.497 e. The molecular weight excluding hydrogens is 500 g/mol. The summed E-state index contributed by atoms with van der Waals surface area (Å²) in [6, 6.07) is 16.7. The van der Waals surface area contributed by atoms with Gasteiger partial charge in [-0.25, -0.2) is 9.67 Å². The summed E-state index contributed by atoms with van der Waals surface area (Å²) in [5, 5.41) is 8.61. The second kappa shape index (κ2) is 10.3. The van der Waals surface area contributed by atoms with Crippen LogP contribution in [0.5, 0.6) is 11.5 Å². The number of carbonyl (C=O) groups excluding carboxylic acids is 1. The van der Waals surface area contributed by atoms with Gasteiger partial charge in [0.05, 0.1) is 44.8 Å². The molecule has 2 heterocycles. The van der Waals surface area contributed by atoms with Gasteiger partial charge in [-0.1, -0.05) is 33.3 Å².